The van der Waals surface area contributed by atoms with Gasteiger partial charge in [-0.05, 0) is 0 Å². The first kappa shape index (κ1) is 17.1. The van der Waals surface area contributed by atoms with Crippen molar-refractivity contribution in [3.05, 3.63) is 36.4 Å². The minimum atomic E-state index is -0.677. The maximum atomic E-state index is 13.1. The molecule has 1 aromatic rings. The molecular formula is C18H22N4O4. The zero-order valence-corrected chi connectivity index (χ0v) is 14.9. The van der Waals surface area contributed by atoms with Gasteiger partial charge in [-0.2, -0.15) is 0 Å². The predicted molar refractivity (Wildman–Crippen MR) is 90.7 cm³/mol. The maximum absolute atomic E-state index is 13.1. The molecule has 1 spiro atoms. The number of carbonyl (C=O) groups excluding carboxylic acids is 2. The zero-order valence-electron chi connectivity index (χ0n) is 14.9. The quantitative estimate of drug-likeness (QED) is 0.659. The fourth-order valence-corrected chi connectivity index (χ4v) is 4.24. The molecule has 0 unspecified atom stereocenters. The molecule has 8 heteroatoms. The highest BCUT2D eigenvalue weighted by atomic mass is 16.5. The number of methoxy groups -OCH3 is 1. The molecular weight excluding hydrogens is 336 g/mol. The molecule has 2 bridgehead atoms. The van der Waals surface area contributed by atoms with Gasteiger partial charge in [0.15, 0.2) is 0 Å². The summed E-state index contributed by atoms with van der Waals surface area (Å²) in [5, 5.41) is 0. The Labute approximate surface area is 151 Å². The van der Waals surface area contributed by atoms with Crippen LogP contribution in [0.3, 0.4) is 0 Å². The molecule has 138 valence electrons. The summed E-state index contributed by atoms with van der Waals surface area (Å²) in [5.74, 6) is -1.09. The van der Waals surface area contributed by atoms with Crippen molar-refractivity contribution in [2.24, 2.45) is 11.8 Å². The van der Waals surface area contributed by atoms with Crippen LogP contribution < -0.4 is 0 Å². The van der Waals surface area contributed by atoms with Crippen LogP contribution in [0.2, 0.25) is 0 Å². The fourth-order valence-electron chi connectivity index (χ4n) is 4.24. The van der Waals surface area contributed by atoms with Crippen LogP contribution in [0, 0.1) is 11.8 Å². The molecule has 4 heterocycles. The van der Waals surface area contributed by atoms with E-state index in [2.05, 4.69) is 9.97 Å². The highest BCUT2D eigenvalue weighted by molar-refractivity contribution is 5.93. The van der Waals surface area contributed by atoms with E-state index in [1.165, 1.54) is 0 Å². The topological polar surface area (TPSA) is 84.9 Å². The summed E-state index contributed by atoms with van der Waals surface area (Å²) < 4.78 is 11.2. The molecule has 0 aromatic carbocycles. The van der Waals surface area contributed by atoms with Crippen LogP contribution >= 0.6 is 0 Å². The smallest absolute Gasteiger partial charge is 0.230 e. The number of carbonyl (C=O) groups is 2. The first-order valence-electron chi connectivity index (χ1n) is 8.70. The summed E-state index contributed by atoms with van der Waals surface area (Å²) in [6.45, 7) is 1.80. The lowest BCUT2D eigenvalue weighted by molar-refractivity contribution is -0.142. The van der Waals surface area contributed by atoms with Gasteiger partial charge in [-0.15, -0.1) is 0 Å². The van der Waals surface area contributed by atoms with Gasteiger partial charge in [-0.1, -0.05) is 12.2 Å². The second-order valence-electron chi connectivity index (χ2n) is 7.04. The Balaban J connectivity index is 1.53. The van der Waals surface area contributed by atoms with Crippen LogP contribution in [0.5, 0.6) is 0 Å². The Hall–Kier alpha value is -2.32. The van der Waals surface area contributed by atoms with Gasteiger partial charge in [0.2, 0.25) is 11.8 Å². The Morgan fingerprint density at radius 1 is 1.50 bits per heavy atom. The predicted octanol–water partition coefficient (Wildman–Crippen LogP) is -0.137. The highest BCUT2D eigenvalue weighted by Crippen LogP contribution is 2.52. The molecule has 8 nitrogen and oxygen atoms in total. The van der Waals surface area contributed by atoms with E-state index < -0.39 is 17.4 Å². The van der Waals surface area contributed by atoms with Crippen molar-refractivity contribution in [1.82, 2.24) is 19.8 Å². The molecule has 0 saturated carbocycles. The minimum Gasteiger partial charge on any atom is -0.383 e. The highest BCUT2D eigenvalue weighted by Gasteiger charge is 2.66. The fraction of sp³-hybridized carbons (Fsp3) is 0.556. The van der Waals surface area contributed by atoms with E-state index in [1.54, 1.807) is 42.5 Å². The Morgan fingerprint density at radius 2 is 2.35 bits per heavy atom. The average Bonchev–Trinajstić information content (AvgIpc) is 3.28. The number of hydrogen-bond donors (Lipinski definition) is 0. The van der Waals surface area contributed by atoms with Gasteiger partial charge in [-0.25, -0.2) is 0 Å². The van der Waals surface area contributed by atoms with E-state index in [4.69, 9.17) is 9.47 Å². The van der Waals surface area contributed by atoms with Crippen molar-refractivity contribution < 1.29 is 19.1 Å². The van der Waals surface area contributed by atoms with E-state index >= 15 is 0 Å². The SMILES string of the molecule is COCCN1C[C@]23C=C[C@H](O2)[C@H](C(=O)N(C)Cc2cnccn2)[C@@H]3C1=O. The van der Waals surface area contributed by atoms with Crippen molar-refractivity contribution in [3.63, 3.8) is 0 Å². The lowest BCUT2D eigenvalue weighted by Crippen LogP contribution is -2.44. The Morgan fingerprint density at radius 3 is 3.08 bits per heavy atom. The molecule has 2 amide bonds. The first-order chi connectivity index (χ1) is 12.6. The molecule has 2 fully saturated rings. The van der Waals surface area contributed by atoms with E-state index in [1.807, 2.05) is 12.2 Å². The summed E-state index contributed by atoms with van der Waals surface area (Å²) in [6, 6.07) is 0. The lowest BCUT2D eigenvalue weighted by Gasteiger charge is -2.27. The van der Waals surface area contributed by atoms with Crippen molar-refractivity contribution in [2.75, 3.05) is 33.9 Å². The molecule has 4 rings (SSSR count). The normalized spacial score (nSPS) is 31.5. The largest absolute Gasteiger partial charge is 0.383 e. The van der Waals surface area contributed by atoms with Crippen LogP contribution in [0.1, 0.15) is 5.69 Å². The summed E-state index contributed by atoms with van der Waals surface area (Å²) in [7, 11) is 3.33. The molecule has 2 saturated heterocycles. The van der Waals surface area contributed by atoms with Gasteiger partial charge in [-0.3, -0.25) is 19.6 Å². The van der Waals surface area contributed by atoms with Crippen LogP contribution in [0.15, 0.2) is 30.7 Å². The van der Waals surface area contributed by atoms with Gasteiger partial charge in [0, 0.05) is 33.1 Å². The summed E-state index contributed by atoms with van der Waals surface area (Å²) in [5.41, 5.74) is 0.0283. The monoisotopic (exact) mass is 358 g/mol. The Kier molecular flexibility index (Phi) is 4.24. The number of rotatable bonds is 6. The molecule has 1 aromatic heterocycles. The third kappa shape index (κ3) is 2.60. The van der Waals surface area contributed by atoms with Gasteiger partial charge in [0.1, 0.15) is 5.60 Å². The van der Waals surface area contributed by atoms with E-state index in [0.29, 0.717) is 31.9 Å². The summed E-state index contributed by atoms with van der Waals surface area (Å²) >= 11 is 0. The molecule has 0 N–H and O–H groups in total. The van der Waals surface area contributed by atoms with Crippen LogP contribution in [-0.2, 0) is 25.6 Å². The van der Waals surface area contributed by atoms with E-state index in [9.17, 15) is 9.59 Å². The van der Waals surface area contributed by atoms with Crippen LogP contribution in [0.25, 0.3) is 0 Å². The molecule has 0 aliphatic carbocycles. The summed E-state index contributed by atoms with van der Waals surface area (Å²) in [6.07, 6.45) is 8.36. The first-order valence-corrected chi connectivity index (χ1v) is 8.70. The van der Waals surface area contributed by atoms with Crippen molar-refractivity contribution in [2.45, 2.75) is 18.2 Å². The van der Waals surface area contributed by atoms with Crippen LogP contribution in [0.4, 0.5) is 0 Å². The molecule has 3 aliphatic rings. The lowest BCUT2D eigenvalue weighted by atomic mass is 9.76. The number of nitrogens with zero attached hydrogens (tertiary/aromatic N) is 4. The van der Waals surface area contributed by atoms with Gasteiger partial charge >= 0.3 is 0 Å². The molecule has 4 atom stereocenters. The molecule has 3 aliphatic heterocycles. The van der Waals surface area contributed by atoms with Gasteiger partial charge in [0.05, 0.1) is 49.5 Å². The Bertz CT molecular complexity index is 740. The molecule has 0 radical (unpaired) electrons. The zero-order chi connectivity index (χ0) is 18.3. The third-order valence-electron chi connectivity index (χ3n) is 5.42. The molecule has 26 heavy (non-hydrogen) atoms. The maximum Gasteiger partial charge on any atom is 0.230 e. The third-order valence-corrected chi connectivity index (χ3v) is 5.42. The number of ether oxygens (including phenoxy) is 2. The van der Waals surface area contributed by atoms with Crippen LogP contribution in [-0.4, -0.2) is 77.1 Å². The average molecular weight is 358 g/mol. The number of aromatic nitrogens is 2. The minimum absolute atomic E-state index is 0.0276. The van der Waals surface area contributed by atoms with Crippen molar-refractivity contribution >= 4 is 11.8 Å². The van der Waals surface area contributed by atoms with Gasteiger partial charge < -0.3 is 19.3 Å². The van der Waals surface area contributed by atoms with Crippen molar-refractivity contribution in [3.8, 4) is 0 Å². The van der Waals surface area contributed by atoms with E-state index in [-0.39, 0.29) is 17.9 Å². The van der Waals surface area contributed by atoms with Crippen molar-refractivity contribution in [1.29, 1.82) is 0 Å². The number of fused-ring (bicyclic) bond motifs is 1. The summed E-state index contributed by atoms with van der Waals surface area (Å²) in [4.78, 5) is 37.6. The standard InChI is InChI=1S/C18H22N4O4/c1-21(10-12-9-19-5-6-20-12)16(23)14-13-3-4-18(26-13)11-22(7-8-25-2)17(24)15(14)18/h3-6,9,13-15H,7-8,10-11H2,1-2H3/t13-,14-,15+,18-/m0/s1. The van der Waals surface area contributed by atoms with E-state index in [0.717, 1.165) is 0 Å². The second-order valence-corrected chi connectivity index (χ2v) is 7.04. The number of hydrogen-bond acceptors (Lipinski definition) is 6. The number of amides is 2. The second kappa shape index (κ2) is 6.44. The van der Waals surface area contributed by atoms with Gasteiger partial charge in [0.25, 0.3) is 0 Å². The number of likely N-dealkylation sites (tertiary alicyclic amines) is 1.